The van der Waals surface area contributed by atoms with Crippen molar-refractivity contribution < 1.29 is 4.74 Å². The number of thioether (sulfide) groups is 1. The van der Waals surface area contributed by atoms with Crippen molar-refractivity contribution in [1.29, 1.82) is 5.26 Å². The normalized spacial score (nSPS) is 11.2. The Balaban J connectivity index is 1.59. The number of ether oxygens (including phenoxy) is 1. The fourth-order valence-corrected chi connectivity index (χ4v) is 3.40. The smallest absolute Gasteiger partial charge is 0.210 e. The van der Waals surface area contributed by atoms with Crippen molar-refractivity contribution in [2.75, 3.05) is 5.84 Å². The highest BCUT2D eigenvalue weighted by Crippen LogP contribution is 2.25. The van der Waals surface area contributed by atoms with Gasteiger partial charge in [0.2, 0.25) is 5.16 Å². The van der Waals surface area contributed by atoms with Crippen LogP contribution >= 0.6 is 11.8 Å². The van der Waals surface area contributed by atoms with Gasteiger partial charge in [0.25, 0.3) is 0 Å². The summed E-state index contributed by atoms with van der Waals surface area (Å²) in [5.74, 6) is 8.07. The van der Waals surface area contributed by atoms with Crippen molar-refractivity contribution in [1.82, 2.24) is 14.9 Å². The average Bonchev–Trinajstić information content (AvgIpc) is 3.04. The largest absolute Gasteiger partial charge is 0.486 e. The van der Waals surface area contributed by atoms with Crippen LogP contribution in [-0.2, 0) is 17.8 Å². The molecular formula is C21H23N5OS. The molecule has 0 unspecified atom stereocenters. The lowest BCUT2D eigenvalue weighted by atomic mass is 9.87. The molecule has 0 aliphatic rings. The van der Waals surface area contributed by atoms with Gasteiger partial charge in [0, 0.05) is 5.75 Å². The van der Waals surface area contributed by atoms with E-state index >= 15 is 0 Å². The number of nitrogens with zero attached hydrogens (tertiary/aromatic N) is 4. The number of rotatable bonds is 6. The number of benzene rings is 2. The van der Waals surface area contributed by atoms with Gasteiger partial charge in [-0.15, -0.1) is 10.2 Å². The number of nitrogens with two attached hydrogens (primary N) is 1. The molecule has 3 rings (SSSR count). The molecule has 0 saturated heterocycles. The van der Waals surface area contributed by atoms with Crippen molar-refractivity contribution in [2.24, 2.45) is 0 Å². The van der Waals surface area contributed by atoms with Crippen LogP contribution in [0.25, 0.3) is 0 Å². The van der Waals surface area contributed by atoms with Gasteiger partial charge in [-0.25, -0.2) is 4.68 Å². The molecule has 2 aromatic carbocycles. The van der Waals surface area contributed by atoms with Crippen molar-refractivity contribution in [2.45, 2.75) is 43.7 Å². The lowest BCUT2D eigenvalue weighted by molar-refractivity contribution is 0.291. The highest BCUT2D eigenvalue weighted by Gasteiger charge is 2.14. The van der Waals surface area contributed by atoms with Crippen LogP contribution in [0.1, 0.15) is 43.3 Å². The Bertz CT molecular complexity index is 983. The first-order valence-electron chi connectivity index (χ1n) is 8.91. The summed E-state index contributed by atoms with van der Waals surface area (Å²) in [5, 5.41) is 17.8. The third kappa shape index (κ3) is 4.84. The second-order valence-electron chi connectivity index (χ2n) is 7.43. The van der Waals surface area contributed by atoms with E-state index in [0.29, 0.717) is 22.3 Å². The molecule has 0 spiro atoms. The van der Waals surface area contributed by atoms with Gasteiger partial charge >= 0.3 is 0 Å². The first-order chi connectivity index (χ1) is 13.4. The van der Waals surface area contributed by atoms with E-state index in [1.807, 2.05) is 30.3 Å². The van der Waals surface area contributed by atoms with Gasteiger partial charge in [0.05, 0.1) is 11.6 Å². The summed E-state index contributed by atoms with van der Waals surface area (Å²) in [6.07, 6.45) is 0. The second-order valence-corrected chi connectivity index (χ2v) is 8.38. The highest BCUT2D eigenvalue weighted by molar-refractivity contribution is 7.98. The predicted octanol–water partition coefficient (Wildman–Crippen LogP) is 4.03. The summed E-state index contributed by atoms with van der Waals surface area (Å²) in [6, 6.07) is 17.7. The molecule has 0 bridgehead atoms. The van der Waals surface area contributed by atoms with Gasteiger partial charge in [-0.1, -0.05) is 56.8 Å². The van der Waals surface area contributed by atoms with E-state index in [0.717, 1.165) is 11.3 Å². The molecule has 2 N–H and O–H groups in total. The minimum atomic E-state index is 0.106. The monoisotopic (exact) mass is 393 g/mol. The topological polar surface area (TPSA) is 89.8 Å². The van der Waals surface area contributed by atoms with Crippen LogP contribution in [0.15, 0.2) is 53.7 Å². The molecule has 0 aliphatic heterocycles. The van der Waals surface area contributed by atoms with E-state index in [1.54, 1.807) is 6.07 Å². The lowest BCUT2D eigenvalue weighted by Crippen LogP contribution is -2.16. The van der Waals surface area contributed by atoms with E-state index in [9.17, 15) is 0 Å². The number of hydrogen-bond donors (Lipinski definition) is 1. The molecule has 7 heteroatoms. The fraction of sp³-hybridized carbons (Fsp3) is 0.286. The Morgan fingerprint density at radius 2 is 1.89 bits per heavy atom. The van der Waals surface area contributed by atoms with E-state index in [-0.39, 0.29) is 12.0 Å². The predicted molar refractivity (Wildman–Crippen MR) is 110 cm³/mol. The molecular weight excluding hydrogens is 370 g/mol. The van der Waals surface area contributed by atoms with E-state index in [1.165, 1.54) is 22.0 Å². The summed E-state index contributed by atoms with van der Waals surface area (Å²) >= 11 is 1.47. The zero-order valence-electron chi connectivity index (χ0n) is 16.2. The molecule has 0 radical (unpaired) electrons. The Hall–Kier alpha value is -2.98. The number of aromatic nitrogens is 3. The van der Waals surface area contributed by atoms with Gasteiger partial charge < -0.3 is 10.6 Å². The van der Waals surface area contributed by atoms with Crippen LogP contribution in [0.4, 0.5) is 0 Å². The third-order valence-electron chi connectivity index (χ3n) is 4.25. The zero-order chi connectivity index (χ0) is 20.1. The van der Waals surface area contributed by atoms with Crippen molar-refractivity contribution in [3.8, 4) is 11.8 Å². The van der Waals surface area contributed by atoms with Crippen molar-refractivity contribution >= 4 is 11.8 Å². The number of hydrogen-bond acceptors (Lipinski definition) is 6. The van der Waals surface area contributed by atoms with Crippen LogP contribution in [0.5, 0.6) is 5.75 Å². The van der Waals surface area contributed by atoms with Crippen LogP contribution < -0.4 is 10.6 Å². The van der Waals surface area contributed by atoms with E-state index in [2.05, 4.69) is 49.2 Å². The average molecular weight is 394 g/mol. The van der Waals surface area contributed by atoms with Gasteiger partial charge in [-0.2, -0.15) is 5.26 Å². The molecule has 3 aromatic rings. The molecule has 6 nitrogen and oxygen atoms in total. The zero-order valence-corrected chi connectivity index (χ0v) is 17.0. The molecule has 144 valence electrons. The number of nitriles is 1. The first kappa shape index (κ1) is 19.8. The Labute approximate surface area is 169 Å². The molecule has 28 heavy (non-hydrogen) atoms. The van der Waals surface area contributed by atoms with Gasteiger partial charge in [-0.05, 0) is 40.8 Å². The maximum atomic E-state index is 8.99. The van der Waals surface area contributed by atoms with Gasteiger partial charge in [-0.3, -0.25) is 0 Å². The third-order valence-corrected chi connectivity index (χ3v) is 5.26. The van der Waals surface area contributed by atoms with Crippen LogP contribution in [0.2, 0.25) is 0 Å². The molecule has 0 amide bonds. The Morgan fingerprint density at radius 1 is 1.14 bits per heavy atom. The Kier molecular flexibility index (Phi) is 5.90. The highest BCUT2D eigenvalue weighted by atomic mass is 32.2. The molecule has 0 atom stereocenters. The second kappa shape index (κ2) is 8.36. The SMILES string of the molecule is CC(C)(C)c1ccc(OCc2nnc(SCc3cccc(C#N)c3)n2N)cc1. The summed E-state index contributed by atoms with van der Waals surface area (Å²) in [5.41, 5.74) is 3.03. The summed E-state index contributed by atoms with van der Waals surface area (Å²) in [6.45, 7) is 6.77. The van der Waals surface area contributed by atoms with Gasteiger partial charge in [0.15, 0.2) is 5.82 Å². The maximum absolute atomic E-state index is 8.99. The molecule has 0 fully saturated rings. The summed E-state index contributed by atoms with van der Waals surface area (Å²) in [7, 11) is 0. The van der Waals surface area contributed by atoms with Crippen molar-refractivity contribution in [3.63, 3.8) is 0 Å². The number of nitrogen functional groups attached to an aromatic ring is 1. The van der Waals surface area contributed by atoms with E-state index < -0.39 is 0 Å². The van der Waals surface area contributed by atoms with Crippen LogP contribution in [0.3, 0.4) is 0 Å². The van der Waals surface area contributed by atoms with Crippen LogP contribution in [-0.4, -0.2) is 14.9 Å². The minimum absolute atomic E-state index is 0.106. The quantitative estimate of drug-likeness (QED) is 0.502. The Morgan fingerprint density at radius 3 is 2.57 bits per heavy atom. The minimum Gasteiger partial charge on any atom is -0.486 e. The first-order valence-corrected chi connectivity index (χ1v) is 9.90. The fourth-order valence-electron chi connectivity index (χ4n) is 2.58. The van der Waals surface area contributed by atoms with Gasteiger partial charge in [0.1, 0.15) is 12.4 Å². The standard InChI is InChI=1S/C21H23N5OS/c1-21(2,3)17-7-9-18(10-8-17)27-13-19-24-25-20(26(19)23)28-14-16-6-4-5-15(11-16)12-22/h4-11H,13-14,23H2,1-3H3. The molecule has 1 heterocycles. The molecule has 0 aliphatic carbocycles. The van der Waals surface area contributed by atoms with Crippen molar-refractivity contribution in [3.05, 3.63) is 71.0 Å². The maximum Gasteiger partial charge on any atom is 0.210 e. The van der Waals surface area contributed by atoms with E-state index in [4.69, 9.17) is 15.8 Å². The summed E-state index contributed by atoms with van der Waals surface area (Å²) in [4.78, 5) is 0. The lowest BCUT2D eigenvalue weighted by Gasteiger charge is -2.19. The molecule has 0 saturated carbocycles. The van der Waals surface area contributed by atoms with Crippen LogP contribution in [0, 0.1) is 11.3 Å². The molecule has 1 aromatic heterocycles. The summed E-state index contributed by atoms with van der Waals surface area (Å²) < 4.78 is 7.25.